The smallest absolute Gasteiger partial charge is 0.248 e. The van der Waals surface area contributed by atoms with E-state index in [9.17, 15) is 18.0 Å². The van der Waals surface area contributed by atoms with E-state index in [1.165, 1.54) is 24.3 Å². The summed E-state index contributed by atoms with van der Waals surface area (Å²) in [6, 6.07) is 12.8. The van der Waals surface area contributed by atoms with Crippen molar-refractivity contribution in [1.82, 2.24) is 0 Å². The molecule has 0 aliphatic carbocycles. The van der Waals surface area contributed by atoms with E-state index in [2.05, 4.69) is 5.32 Å². The van der Waals surface area contributed by atoms with Gasteiger partial charge in [0, 0.05) is 11.3 Å². The van der Waals surface area contributed by atoms with Gasteiger partial charge in [0.15, 0.2) is 0 Å². The van der Waals surface area contributed by atoms with Gasteiger partial charge < -0.3 is 11.1 Å². The molecule has 0 saturated carbocycles. The van der Waals surface area contributed by atoms with Crippen molar-refractivity contribution in [2.75, 3.05) is 22.4 Å². The van der Waals surface area contributed by atoms with Gasteiger partial charge in [-0.1, -0.05) is 17.7 Å². The van der Waals surface area contributed by atoms with Gasteiger partial charge in [0.1, 0.15) is 6.54 Å². The molecular formula is C17H19N3O4S. The molecule has 0 aromatic heterocycles. The zero-order chi connectivity index (χ0) is 18.6. The summed E-state index contributed by atoms with van der Waals surface area (Å²) in [6.45, 7) is 1.52. The van der Waals surface area contributed by atoms with Crippen molar-refractivity contribution in [2.45, 2.75) is 6.92 Å². The second-order valence-corrected chi connectivity index (χ2v) is 7.50. The molecule has 2 amide bonds. The molecule has 2 rings (SSSR count). The molecule has 0 heterocycles. The summed E-state index contributed by atoms with van der Waals surface area (Å²) < 4.78 is 25.1. The van der Waals surface area contributed by atoms with E-state index < -0.39 is 21.8 Å². The third-order valence-corrected chi connectivity index (χ3v) is 4.60. The first kappa shape index (κ1) is 18.5. The van der Waals surface area contributed by atoms with Crippen molar-refractivity contribution >= 4 is 33.2 Å². The Morgan fingerprint density at radius 1 is 1.04 bits per heavy atom. The number of sulfonamides is 1. The minimum atomic E-state index is -3.62. The minimum Gasteiger partial charge on any atom is -0.366 e. The summed E-state index contributed by atoms with van der Waals surface area (Å²) >= 11 is 0. The number of nitrogens with zero attached hydrogens (tertiary/aromatic N) is 1. The molecule has 0 fully saturated rings. The fourth-order valence-corrected chi connectivity index (χ4v) is 3.02. The van der Waals surface area contributed by atoms with Gasteiger partial charge in [-0.2, -0.15) is 0 Å². The number of aryl methyl sites for hydroxylation is 1. The third-order valence-electron chi connectivity index (χ3n) is 3.46. The van der Waals surface area contributed by atoms with Crippen LogP contribution in [-0.4, -0.2) is 33.0 Å². The van der Waals surface area contributed by atoms with Gasteiger partial charge in [-0.25, -0.2) is 8.42 Å². The van der Waals surface area contributed by atoms with Crippen LogP contribution in [0.1, 0.15) is 15.9 Å². The molecular weight excluding hydrogens is 342 g/mol. The lowest BCUT2D eigenvalue weighted by molar-refractivity contribution is -0.114. The van der Waals surface area contributed by atoms with Crippen LogP contribution in [0.3, 0.4) is 0 Å². The topological polar surface area (TPSA) is 110 Å². The second-order valence-electron chi connectivity index (χ2n) is 5.59. The minimum absolute atomic E-state index is 0.315. The number of nitrogens with two attached hydrogens (primary N) is 1. The highest BCUT2D eigenvalue weighted by molar-refractivity contribution is 7.92. The molecule has 2 aromatic rings. The number of anilines is 2. The van der Waals surface area contributed by atoms with E-state index in [0.717, 1.165) is 16.1 Å². The van der Waals surface area contributed by atoms with Crippen LogP contribution in [0.5, 0.6) is 0 Å². The number of rotatable bonds is 6. The number of carbonyl (C=O) groups excluding carboxylic acids is 2. The highest BCUT2D eigenvalue weighted by Crippen LogP contribution is 2.18. The predicted molar refractivity (Wildman–Crippen MR) is 97.0 cm³/mol. The Morgan fingerprint density at radius 2 is 1.60 bits per heavy atom. The van der Waals surface area contributed by atoms with E-state index >= 15 is 0 Å². The molecule has 2 aromatic carbocycles. The molecule has 0 saturated heterocycles. The average molecular weight is 361 g/mol. The van der Waals surface area contributed by atoms with Gasteiger partial charge >= 0.3 is 0 Å². The van der Waals surface area contributed by atoms with Crippen molar-refractivity contribution < 1.29 is 18.0 Å². The van der Waals surface area contributed by atoms with Gasteiger partial charge in [-0.15, -0.1) is 0 Å². The molecule has 8 heteroatoms. The number of carbonyl (C=O) groups is 2. The maximum Gasteiger partial charge on any atom is 0.248 e. The van der Waals surface area contributed by atoms with Crippen molar-refractivity contribution in [3.63, 3.8) is 0 Å². The van der Waals surface area contributed by atoms with Crippen LogP contribution in [0, 0.1) is 6.92 Å². The van der Waals surface area contributed by atoms with Crippen molar-refractivity contribution in [3.05, 3.63) is 59.7 Å². The van der Waals surface area contributed by atoms with Gasteiger partial charge in [-0.05, 0) is 43.3 Å². The van der Waals surface area contributed by atoms with Gasteiger partial charge in [0.2, 0.25) is 21.8 Å². The zero-order valence-electron chi connectivity index (χ0n) is 13.9. The fraction of sp³-hybridized carbons (Fsp3) is 0.176. The Bertz CT molecular complexity index is 875. The largest absolute Gasteiger partial charge is 0.366 e. The zero-order valence-corrected chi connectivity index (χ0v) is 14.7. The summed E-state index contributed by atoms with van der Waals surface area (Å²) in [6.07, 6.45) is 1.04. The van der Waals surface area contributed by atoms with Crippen LogP contribution in [0.4, 0.5) is 11.4 Å². The number of primary amides is 1. The van der Waals surface area contributed by atoms with Crippen LogP contribution < -0.4 is 15.4 Å². The second kappa shape index (κ2) is 7.35. The normalized spacial score (nSPS) is 11.0. The van der Waals surface area contributed by atoms with Crippen molar-refractivity contribution in [1.29, 1.82) is 0 Å². The van der Waals surface area contributed by atoms with E-state index in [0.29, 0.717) is 16.9 Å². The molecule has 3 N–H and O–H groups in total. The van der Waals surface area contributed by atoms with Crippen molar-refractivity contribution in [2.24, 2.45) is 5.73 Å². The molecule has 25 heavy (non-hydrogen) atoms. The summed E-state index contributed by atoms with van der Waals surface area (Å²) in [4.78, 5) is 23.3. The monoisotopic (exact) mass is 361 g/mol. The van der Waals surface area contributed by atoms with Gasteiger partial charge in [-0.3, -0.25) is 13.9 Å². The van der Waals surface area contributed by atoms with Gasteiger partial charge in [0.05, 0.1) is 11.9 Å². The predicted octanol–water partition coefficient (Wildman–Crippen LogP) is 1.50. The van der Waals surface area contributed by atoms with E-state index in [1.807, 2.05) is 6.92 Å². The molecule has 0 radical (unpaired) electrons. The Balaban J connectivity index is 2.14. The first-order chi connectivity index (χ1) is 11.7. The number of nitrogens with one attached hydrogen (secondary N) is 1. The molecule has 0 unspecified atom stereocenters. The summed E-state index contributed by atoms with van der Waals surface area (Å²) in [5, 5.41) is 2.59. The van der Waals surface area contributed by atoms with E-state index in [1.54, 1.807) is 24.3 Å². The van der Waals surface area contributed by atoms with Crippen molar-refractivity contribution in [3.8, 4) is 0 Å². The molecule has 132 valence electrons. The first-order valence-electron chi connectivity index (χ1n) is 7.41. The standard InChI is InChI=1S/C17H19N3O4S/c1-12-3-9-15(10-4-12)20(25(2,23)24)11-16(21)19-14-7-5-13(6-8-14)17(18)22/h3-10H,11H2,1-2H3,(H2,18,22)(H,19,21). The lowest BCUT2D eigenvalue weighted by atomic mass is 10.2. The maximum absolute atomic E-state index is 12.2. The highest BCUT2D eigenvalue weighted by Gasteiger charge is 2.20. The SMILES string of the molecule is Cc1ccc(N(CC(=O)Nc2ccc(C(N)=O)cc2)S(C)(=O)=O)cc1. The number of benzene rings is 2. The summed E-state index contributed by atoms with van der Waals surface area (Å²) in [5.41, 5.74) is 7.30. The summed E-state index contributed by atoms with van der Waals surface area (Å²) in [5.74, 6) is -1.07. The third kappa shape index (κ3) is 5.05. The Labute approximate surface area is 146 Å². The van der Waals surface area contributed by atoms with Crippen LogP contribution >= 0.6 is 0 Å². The number of amides is 2. The average Bonchev–Trinajstić information content (AvgIpc) is 2.53. The fourth-order valence-electron chi connectivity index (χ4n) is 2.16. The number of hydrogen-bond acceptors (Lipinski definition) is 4. The Morgan fingerprint density at radius 3 is 2.08 bits per heavy atom. The molecule has 0 aliphatic rings. The highest BCUT2D eigenvalue weighted by atomic mass is 32.2. The molecule has 0 spiro atoms. The van der Waals surface area contributed by atoms with Gasteiger partial charge in [0.25, 0.3) is 0 Å². The van der Waals surface area contributed by atoms with Crippen LogP contribution in [0.25, 0.3) is 0 Å². The lowest BCUT2D eigenvalue weighted by Crippen LogP contribution is -2.37. The first-order valence-corrected chi connectivity index (χ1v) is 9.26. The van der Waals surface area contributed by atoms with E-state index in [4.69, 9.17) is 5.73 Å². The molecule has 0 bridgehead atoms. The Hall–Kier alpha value is -2.87. The lowest BCUT2D eigenvalue weighted by Gasteiger charge is -2.22. The summed E-state index contributed by atoms with van der Waals surface area (Å²) in [7, 11) is -3.62. The van der Waals surface area contributed by atoms with Crippen LogP contribution in [0.2, 0.25) is 0 Å². The van der Waals surface area contributed by atoms with E-state index in [-0.39, 0.29) is 6.54 Å². The maximum atomic E-state index is 12.2. The quantitative estimate of drug-likeness (QED) is 0.812. The Kier molecular flexibility index (Phi) is 5.43. The van der Waals surface area contributed by atoms with Crippen LogP contribution in [0.15, 0.2) is 48.5 Å². The van der Waals surface area contributed by atoms with Crippen LogP contribution in [-0.2, 0) is 14.8 Å². The molecule has 7 nitrogen and oxygen atoms in total. The molecule has 0 aliphatic heterocycles. The molecule has 0 atom stereocenters. The number of hydrogen-bond donors (Lipinski definition) is 2.